The number of rotatable bonds is 2. The van der Waals surface area contributed by atoms with Crippen molar-refractivity contribution in [2.24, 2.45) is 0 Å². The van der Waals surface area contributed by atoms with Gasteiger partial charge in [-0.3, -0.25) is 10.1 Å². The Bertz CT molecular complexity index is 303. The summed E-state index contributed by atoms with van der Waals surface area (Å²) in [6, 6.07) is 5.93. The lowest BCUT2D eigenvalue weighted by Gasteiger charge is -2.04. The molecule has 1 aromatic carbocycles. The Balaban J connectivity index is 3.17. The summed E-state index contributed by atoms with van der Waals surface area (Å²) < 4.78 is 0.665. The molecule has 64 valence electrons. The highest BCUT2D eigenvalue weighted by atomic mass is 35.5. The van der Waals surface area contributed by atoms with E-state index in [1.807, 2.05) is 0 Å². The van der Waals surface area contributed by atoms with Crippen LogP contribution in [0, 0.1) is 10.1 Å². The van der Waals surface area contributed by atoms with Crippen molar-refractivity contribution in [1.29, 1.82) is 0 Å². The Morgan fingerprint density at radius 2 is 1.92 bits per heavy atom. The lowest BCUT2D eigenvalue weighted by Crippen LogP contribution is -1.97. The second kappa shape index (κ2) is 3.60. The van der Waals surface area contributed by atoms with E-state index in [0.29, 0.717) is 3.94 Å². The fourth-order valence-corrected chi connectivity index (χ4v) is 1.05. The maximum Gasteiger partial charge on any atom is 0.295 e. The summed E-state index contributed by atoms with van der Waals surface area (Å²) in [4.78, 5) is 9.84. The molecule has 0 radical (unpaired) electrons. The highest BCUT2D eigenvalue weighted by Crippen LogP contribution is 2.29. The largest absolute Gasteiger partial charge is 0.295 e. The van der Waals surface area contributed by atoms with E-state index in [1.165, 1.54) is 12.1 Å². The fraction of sp³-hybridized carbons (Fsp3) is 0. The first-order valence-corrected chi connectivity index (χ1v) is 3.65. The molecule has 0 aliphatic carbocycles. The molecule has 1 aromatic rings. The first-order chi connectivity index (χ1) is 5.63. The molecule has 12 heavy (non-hydrogen) atoms. The summed E-state index contributed by atoms with van der Waals surface area (Å²) in [5.41, 5.74) is 0.0355. The number of benzene rings is 1. The molecule has 0 saturated heterocycles. The Hall–Kier alpha value is -1.000. The third-order valence-corrected chi connectivity index (χ3v) is 1.62. The summed E-state index contributed by atoms with van der Waals surface area (Å²) in [6.07, 6.45) is 0. The number of hydrogen-bond donors (Lipinski definition) is 0. The third kappa shape index (κ3) is 1.78. The molecule has 0 aromatic heterocycles. The van der Waals surface area contributed by atoms with Crippen molar-refractivity contribution < 1.29 is 4.92 Å². The zero-order valence-corrected chi connectivity index (χ0v) is 7.29. The number of nitro benzene ring substituents is 1. The van der Waals surface area contributed by atoms with E-state index in [0.717, 1.165) is 0 Å². The van der Waals surface area contributed by atoms with Crippen LogP contribution in [0.5, 0.6) is 0 Å². The standard InChI is InChI=1S/C6H4Cl2N2O2/c7-9(8)5-3-1-2-4-6(5)10(11)12/h1-4H. The molecule has 1 rings (SSSR count). The molecule has 0 N–H and O–H groups in total. The van der Waals surface area contributed by atoms with E-state index in [1.54, 1.807) is 12.1 Å². The van der Waals surface area contributed by atoms with Crippen LogP contribution in [0.3, 0.4) is 0 Å². The van der Waals surface area contributed by atoms with Crippen LogP contribution in [0.4, 0.5) is 11.4 Å². The highest BCUT2D eigenvalue weighted by Gasteiger charge is 2.15. The third-order valence-electron chi connectivity index (χ3n) is 1.26. The molecule has 0 amide bonds. The predicted octanol–water partition coefficient (Wildman–Crippen LogP) is 2.71. The average Bonchev–Trinajstić information content (AvgIpc) is 2.04. The number of halogens is 2. The van der Waals surface area contributed by atoms with Gasteiger partial charge in [-0.2, -0.15) is 3.94 Å². The van der Waals surface area contributed by atoms with E-state index >= 15 is 0 Å². The van der Waals surface area contributed by atoms with Crippen LogP contribution in [0.1, 0.15) is 0 Å². The topological polar surface area (TPSA) is 46.4 Å². The van der Waals surface area contributed by atoms with Crippen molar-refractivity contribution in [1.82, 2.24) is 0 Å². The van der Waals surface area contributed by atoms with Gasteiger partial charge in [-0.15, -0.1) is 0 Å². The van der Waals surface area contributed by atoms with Gasteiger partial charge in [0.2, 0.25) is 0 Å². The minimum Gasteiger partial charge on any atom is -0.258 e. The van der Waals surface area contributed by atoms with Gasteiger partial charge in [0.15, 0.2) is 0 Å². The quantitative estimate of drug-likeness (QED) is 0.425. The van der Waals surface area contributed by atoms with Crippen molar-refractivity contribution in [2.75, 3.05) is 3.94 Å². The Labute approximate surface area is 78.7 Å². The zero-order chi connectivity index (χ0) is 9.14. The van der Waals surface area contributed by atoms with E-state index < -0.39 is 4.92 Å². The second-order valence-electron chi connectivity index (χ2n) is 1.98. The summed E-state index contributed by atoms with van der Waals surface area (Å²) in [5, 5.41) is 10.4. The first kappa shape index (κ1) is 9.09. The smallest absolute Gasteiger partial charge is 0.258 e. The molecular formula is C6H4Cl2N2O2. The van der Waals surface area contributed by atoms with Crippen LogP contribution in [-0.2, 0) is 0 Å². The van der Waals surface area contributed by atoms with Crippen LogP contribution in [0.25, 0.3) is 0 Å². The summed E-state index contributed by atoms with van der Waals surface area (Å²) in [6.45, 7) is 0. The Morgan fingerprint density at radius 1 is 1.33 bits per heavy atom. The molecule has 0 fully saturated rings. The number of nitro groups is 1. The molecule has 0 bridgehead atoms. The molecule has 0 atom stereocenters. The van der Waals surface area contributed by atoms with E-state index in [-0.39, 0.29) is 11.4 Å². The van der Waals surface area contributed by atoms with Crippen molar-refractivity contribution in [3.63, 3.8) is 0 Å². The van der Waals surface area contributed by atoms with E-state index in [4.69, 9.17) is 23.6 Å². The maximum absolute atomic E-state index is 10.4. The normalized spacial score (nSPS) is 9.50. The average molecular weight is 207 g/mol. The number of hydrogen-bond acceptors (Lipinski definition) is 3. The van der Waals surface area contributed by atoms with Crippen LogP contribution < -0.4 is 3.94 Å². The van der Waals surface area contributed by atoms with Crippen molar-refractivity contribution >= 4 is 34.9 Å². The van der Waals surface area contributed by atoms with Gasteiger partial charge >= 0.3 is 0 Å². The van der Waals surface area contributed by atoms with Crippen molar-refractivity contribution in [3.05, 3.63) is 34.4 Å². The Morgan fingerprint density at radius 3 is 2.33 bits per heavy atom. The molecule has 0 unspecified atom stereocenters. The summed E-state index contributed by atoms with van der Waals surface area (Å²) >= 11 is 10.7. The summed E-state index contributed by atoms with van der Waals surface area (Å²) in [5.74, 6) is 0. The van der Waals surface area contributed by atoms with Crippen LogP contribution in [-0.4, -0.2) is 4.92 Å². The Kier molecular flexibility index (Phi) is 2.73. The van der Waals surface area contributed by atoms with Crippen molar-refractivity contribution in [3.8, 4) is 0 Å². The number of nitrogens with zero attached hydrogens (tertiary/aromatic N) is 2. The van der Waals surface area contributed by atoms with Gasteiger partial charge in [-0.05, 0) is 6.07 Å². The van der Waals surface area contributed by atoms with Crippen LogP contribution in [0.15, 0.2) is 24.3 Å². The maximum atomic E-state index is 10.4. The van der Waals surface area contributed by atoms with Crippen molar-refractivity contribution in [2.45, 2.75) is 0 Å². The monoisotopic (exact) mass is 206 g/mol. The van der Waals surface area contributed by atoms with Gasteiger partial charge in [0.05, 0.1) is 4.92 Å². The van der Waals surface area contributed by atoms with E-state index in [2.05, 4.69) is 0 Å². The molecular weight excluding hydrogens is 203 g/mol. The predicted molar refractivity (Wildman–Crippen MR) is 47.3 cm³/mol. The van der Waals surface area contributed by atoms with Gasteiger partial charge in [-0.1, -0.05) is 12.1 Å². The van der Waals surface area contributed by atoms with Gasteiger partial charge in [-0.25, -0.2) is 0 Å². The molecule has 0 aliphatic rings. The zero-order valence-electron chi connectivity index (χ0n) is 5.78. The van der Waals surface area contributed by atoms with E-state index in [9.17, 15) is 10.1 Å². The number of para-hydroxylation sites is 2. The minimum absolute atomic E-state index is 0.123. The van der Waals surface area contributed by atoms with Gasteiger partial charge in [0.25, 0.3) is 5.69 Å². The lowest BCUT2D eigenvalue weighted by molar-refractivity contribution is -0.384. The highest BCUT2D eigenvalue weighted by molar-refractivity contribution is 6.49. The molecule has 0 spiro atoms. The van der Waals surface area contributed by atoms with Crippen LogP contribution >= 0.6 is 23.6 Å². The molecule has 4 nitrogen and oxygen atoms in total. The molecule has 0 saturated carbocycles. The number of anilines is 1. The molecule has 0 aliphatic heterocycles. The van der Waals surface area contributed by atoms with Crippen LogP contribution in [0.2, 0.25) is 0 Å². The lowest BCUT2D eigenvalue weighted by atomic mass is 10.3. The molecule has 6 heteroatoms. The minimum atomic E-state index is -0.549. The SMILES string of the molecule is O=[N+]([O-])c1ccccc1N(Cl)Cl. The molecule has 0 heterocycles. The van der Waals surface area contributed by atoms with Gasteiger partial charge < -0.3 is 0 Å². The van der Waals surface area contributed by atoms with Gasteiger partial charge in [0, 0.05) is 29.6 Å². The summed E-state index contributed by atoms with van der Waals surface area (Å²) in [7, 11) is 0. The fourth-order valence-electron chi connectivity index (χ4n) is 0.761. The first-order valence-electron chi connectivity index (χ1n) is 2.98. The van der Waals surface area contributed by atoms with Gasteiger partial charge in [0.1, 0.15) is 5.69 Å². The second-order valence-corrected chi connectivity index (χ2v) is 2.83.